The average molecular weight is 327 g/mol. The van der Waals surface area contributed by atoms with Crippen molar-refractivity contribution in [2.75, 3.05) is 5.32 Å². The van der Waals surface area contributed by atoms with Crippen molar-refractivity contribution >= 4 is 29.3 Å². The summed E-state index contributed by atoms with van der Waals surface area (Å²) in [6, 6.07) is 13.0. The van der Waals surface area contributed by atoms with E-state index in [1.54, 1.807) is 6.20 Å². The molecule has 2 atom stereocenters. The number of hydrogen-bond acceptors (Lipinski definition) is 4. The fraction of sp³-hybridized carbons (Fsp3) is 0.235. The van der Waals surface area contributed by atoms with E-state index in [1.165, 1.54) is 11.8 Å². The maximum absolute atomic E-state index is 12.2. The fourth-order valence-electron chi connectivity index (χ4n) is 2.40. The van der Waals surface area contributed by atoms with Gasteiger partial charge in [-0.05, 0) is 31.2 Å². The number of anilines is 1. The number of nitrogens with one attached hydrogen (secondary N) is 2. The molecule has 1 aromatic carbocycles. The van der Waals surface area contributed by atoms with Crippen LogP contribution in [0.1, 0.15) is 25.1 Å². The monoisotopic (exact) mass is 327 g/mol. The molecule has 0 spiro atoms. The summed E-state index contributed by atoms with van der Waals surface area (Å²) in [4.78, 5) is 29.6. The maximum Gasteiger partial charge on any atom is 0.238 e. The highest BCUT2D eigenvalue weighted by Crippen LogP contribution is 2.36. The minimum atomic E-state index is -0.416. The molecule has 2 heterocycles. The van der Waals surface area contributed by atoms with E-state index >= 15 is 0 Å². The van der Waals surface area contributed by atoms with E-state index in [9.17, 15) is 9.59 Å². The van der Waals surface area contributed by atoms with Gasteiger partial charge in [0.2, 0.25) is 11.8 Å². The summed E-state index contributed by atoms with van der Waals surface area (Å²) in [7, 11) is 0. The zero-order chi connectivity index (χ0) is 16.2. The van der Waals surface area contributed by atoms with Gasteiger partial charge < -0.3 is 10.6 Å². The van der Waals surface area contributed by atoms with Crippen molar-refractivity contribution in [1.82, 2.24) is 10.3 Å². The Morgan fingerprint density at radius 3 is 2.87 bits per heavy atom. The van der Waals surface area contributed by atoms with Gasteiger partial charge in [0.1, 0.15) is 0 Å². The highest BCUT2D eigenvalue weighted by atomic mass is 32.2. The molecule has 0 radical (unpaired) electrons. The summed E-state index contributed by atoms with van der Waals surface area (Å²) in [6.07, 6.45) is 1.83. The molecule has 1 aromatic heterocycles. The predicted molar refractivity (Wildman–Crippen MR) is 90.1 cm³/mol. The van der Waals surface area contributed by atoms with Gasteiger partial charge in [0, 0.05) is 17.5 Å². The number of amides is 2. The maximum atomic E-state index is 12.2. The van der Waals surface area contributed by atoms with Crippen LogP contribution in [0.4, 0.5) is 5.69 Å². The fourth-order valence-corrected chi connectivity index (χ4v) is 3.51. The van der Waals surface area contributed by atoms with E-state index in [0.29, 0.717) is 0 Å². The molecule has 0 saturated carbocycles. The summed E-state index contributed by atoms with van der Waals surface area (Å²) in [5.41, 5.74) is 1.60. The van der Waals surface area contributed by atoms with Crippen LogP contribution >= 0.6 is 11.8 Å². The molecule has 0 aliphatic carbocycles. The second-order valence-corrected chi connectivity index (χ2v) is 6.58. The number of aromatic nitrogens is 1. The summed E-state index contributed by atoms with van der Waals surface area (Å²) in [6.45, 7) is 1.88. The van der Waals surface area contributed by atoms with E-state index in [2.05, 4.69) is 15.6 Å². The molecule has 2 amide bonds. The third-order valence-electron chi connectivity index (χ3n) is 3.59. The summed E-state index contributed by atoms with van der Waals surface area (Å²) in [5, 5.41) is 5.33. The van der Waals surface area contributed by atoms with Crippen LogP contribution in [-0.4, -0.2) is 22.0 Å². The Balaban J connectivity index is 1.61. The quantitative estimate of drug-likeness (QED) is 0.906. The van der Waals surface area contributed by atoms with Crippen molar-refractivity contribution in [1.29, 1.82) is 0 Å². The molecule has 23 heavy (non-hydrogen) atoms. The summed E-state index contributed by atoms with van der Waals surface area (Å²) in [5.74, 6) is -0.287. The Kier molecular flexibility index (Phi) is 4.62. The van der Waals surface area contributed by atoms with Crippen molar-refractivity contribution in [2.45, 2.75) is 29.5 Å². The number of carbonyl (C=O) groups is 2. The van der Waals surface area contributed by atoms with Crippen molar-refractivity contribution in [2.24, 2.45) is 0 Å². The number of thioether (sulfide) groups is 1. The molecular formula is C17H17N3O2S. The zero-order valence-corrected chi connectivity index (χ0v) is 13.5. The Morgan fingerprint density at radius 1 is 1.30 bits per heavy atom. The largest absolute Gasteiger partial charge is 0.348 e. The van der Waals surface area contributed by atoms with Crippen molar-refractivity contribution in [3.63, 3.8) is 0 Å². The molecule has 0 bridgehead atoms. The highest BCUT2D eigenvalue weighted by molar-refractivity contribution is 8.01. The second-order valence-electron chi connectivity index (χ2n) is 5.34. The lowest BCUT2D eigenvalue weighted by atomic mass is 10.2. The minimum absolute atomic E-state index is 0.130. The van der Waals surface area contributed by atoms with Gasteiger partial charge >= 0.3 is 0 Å². The lowest BCUT2D eigenvalue weighted by Gasteiger charge is -2.24. The number of nitrogens with zero attached hydrogens (tertiary/aromatic N) is 1. The van der Waals surface area contributed by atoms with Gasteiger partial charge in [-0.1, -0.05) is 18.2 Å². The van der Waals surface area contributed by atoms with Crippen molar-refractivity contribution in [3.05, 3.63) is 54.4 Å². The number of benzene rings is 1. The zero-order valence-electron chi connectivity index (χ0n) is 12.7. The van der Waals surface area contributed by atoms with Crippen LogP contribution < -0.4 is 10.6 Å². The smallest absolute Gasteiger partial charge is 0.238 e. The Hall–Kier alpha value is -2.34. The minimum Gasteiger partial charge on any atom is -0.348 e. The molecule has 5 nitrogen and oxygen atoms in total. The molecule has 2 aromatic rings. The first-order chi connectivity index (χ1) is 11.1. The lowest BCUT2D eigenvalue weighted by Crippen LogP contribution is -2.35. The summed E-state index contributed by atoms with van der Waals surface area (Å²) >= 11 is 1.43. The number of rotatable bonds is 4. The number of fused-ring (bicyclic) bond motifs is 1. The Bertz CT molecular complexity index is 721. The third kappa shape index (κ3) is 3.71. The van der Waals surface area contributed by atoms with Gasteiger partial charge in [-0.25, -0.2) is 0 Å². The predicted octanol–water partition coefficient (Wildman–Crippen LogP) is 2.76. The van der Waals surface area contributed by atoms with Crippen LogP contribution in [0.5, 0.6) is 0 Å². The number of para-hydroxylation sites is 1. The van der Waals surface area contributed by atoms with Crippen LogP contribution in [-0.2, 0) is 9.59 Å². The van der Waals surface area contributed by atoms with E-state index < -0.39 is 5.25 Å². The van der Waals surface area contributed by atoms with E-state index in [-0.39, 0.29) is 24.3 Å². The van der Waals surface area contributed by atoms with Crippen LogP contribution in [0.25, 0.3) is 0 Å². The molecular weight excluding hydrogens is 310 g/mol. The second kappa shape index (κ2) is 6.83. The van der Waals surface area contributed by atoms with E-state index in [0.717, 1.165) is 16.3 Å². The normalized spacial score (nSPS) is 17.8. The summed E-state index contributed by atoms with van der Waals surface area (Å²) < 4.78 is 0. The number of carbonyl (C=O) groups excluding carboxylic acids is 2. The number of hydrogen-bond donors (Lipinski definition) is 2. The van der Waals surface area contributed by atoms with Crippen LogP contribution in [0.2, 0.25) is 0 Å². The van der Waals surface area contributed by atoms with Crippen LogP contribution in [0, 0.1) is 0 Å². The first kappa shape index (κ1) is 15.6. The molecule has 0 saturated heterocycles. The van der Waals surface area contributed by atoms with Crippen LogP contribution in [0.3, 0.4) is 0 Å². The van der Waals surface area contributed by atoms with Gasteiger partial charge in [-0.3, -0.25) is 14.6 Å². The Morgan fingerprint density at radius 2 is 2.09 bits per heavy atom. The van der Waals surface area contributed by atoms with Crippen molar-refractivity contribution < 1.29 is 9.59 Å². The lowest BCUT2D eigenvalue weighted by molar-refractivity contribution is -0.124. The molecule has 2 unspecified atom stereocenters. The molecule has 118 valence electrons. The topological polar surface area (TPSA) is 71.1 Å². The standard InChI is InChI=1S/C17H17N3O2S/c1-11(12-6-4-5-9-18-12)19-16(21)10-15-17(22)20-13-7-2-3-8-14(13)23-15/h2-9,11,15H,10H2,1H3,(H,19,21)(H,20,22). The average Bonchev–Trinajstić information content (AvgIpc) is 2.56. The molecule has 1 aliphatic rings. The SMILES string of the molecule is CC(NC(=O)CC1Sc2ccccc2NC1=O)c1ccccn1. The molecule has 1 aliphatic heterocycles. The van der Waals surface area contributed by atoms with E-state index in [1.807, 2.05) is 49.4 Å². The van der Waals surface area contributed by atoms with Gasteiger partial charge in [-0.2, -0.15) is 0 Å². The molecule has 6 heteroatoms. The molecule has 3 rings (SSSR count). The molecule has 0 fully saturated rings. The Labute approximate surface area is 138 Å². The van der Waals surface area contributed by atoms with Crippen molar-refractivity contribution in [3.8, 4) is 0 Å². The van der Waals surface area contributed by atoms with Gasteiger partial charge in [0.05, 0.1) is 22.7 Å². The van der Waals surface area contributed by atoms with Crippen LogP contribution in [0.15, 0.2) is 53.6 Å². The van der Waals surface area contributed by atoms with Gasteiger partial charge in [-0.15, -0.1) is 11.8 Å². The van der Waals surface area contributed by atoms with Gasteiger partial charge in [0.15, 0.2) is 0 Å². The van der Waals surface area contributed by atoms with E-state index in [4.69, 9.17) is 0 Å². The third-order valence-corrected chi connectivity index (χ3v) is 4.86. The van der Waals surface area contributed by atoms with Gasteiger partial charge in [0.25, 0.3) is 0 Å². The number of pyridine rings is 1. The molecule has 2 N–H and O–H groups in total. The highest BCUT2D eigenvalue weighted by Gasteiger charge is 2.29. The first-order valence-electron chi connectivity index (χ1n) is 7.40. The first-order valence-corrected chi connectivity index (χ1v) is 8.28.